The van der Waals surface area contributed by atoms with E-state index in [2.05, 4.69) is 0 Å². The van der Waals surface area contributed by atoms with Gasteiger partial charge in [0, 0.05) is 20.1 Å². The van der Waals surface area contributed by atoms with Gasteiger partial charge in [-0.15, -0.1) is 0 Å². The summed E-state index contributed by atoms with van der Waals surface area (Å²) in [5.41, 5.74) is 0. The third-order valence-electron chi connectivity index (χ3n) is 3.22. The summed E-state index contributed by atoms with van der Waals surface area (Å²) in [6.45, 7) is 4.13. The van der Waals surface area contributed by atoms with Crippen molar-refractivity contribution in [1.82, 2.24) is 9.80 Å². The number of carbonyl (C=O) groups excluding carboxylic acids is 1. The van der Waals surface area contributed by atoms with Crippen LogP contribution in [0.15, 0.2) is 16.5 Å². The molecular formula is C13H20N2O3. The Morgan fingerprint density at radius 1 is 1.61 bits per heavy atom. The van der Waals surface area contributed by atoms with Gasteiger partial charge in [-0.1, -0.05) is 0 Å². The molecular weight excluding hydrogens is 232 g/mol. The Morgan fingerprint density at radius 3 is 2.94 bits per heavy atom. The smallest absolute Gasteiger partial charge is 0.236 e. The number of aryl methyl sites for hydroxylation is 1. The predicted molar refractivity (Wildman–Crippen MR) is 67.0 cm³/mol. The normalized spacial score (nSPS) is 20.3. The van der Waals surface area contributed by atoms with Crippen molar-refractivity contribution < 1.29 is 14.3 Å². The fourth-order valence-electron chi connectivity index (χ4n) is 2.16. The number of carbonyl (C=O) groups is 1. The number of furan rings is 1. The molecule has 1 atom stereocenters. The molecule has 1 aromatic heterocycles. The largest absolute Gasteiger partial charge is 0.464 e. The highest BCUT2D eigenvalue weighted by Crippen LogP contribution is 2.11. The minimum atomic E-state index is -0.282. The highest BCUT2D eigenvalue weighted by Gasteiger charge is 2.23. The standard InChI is InChI=1S/C13H20N2O3/c1-10-3-4-12(18-10)8-14(2)13(17)9-15-6-5-11(16)7-15/h3-4,11,16H,5-9H2,1-2H3. The minimum absolute atomic E-state index is 0.0538. The molecule has 5 heteroatoms. The summed E-state index contributed by atoms with van der Waals surface area (Å²) in [5, 5.41) is 9.41. The van der Waals surface area contributed by atoms with Gasteiger partial charge in [-0.05, 0) is 25.5 Å². The number of nitrogens with zero attached hydrogens (tertiary/aromatic N) is 2. The molecule has 1 amide bonds. The van der Waals surface area contributed by atoms with Crippen molar-refractivity contribution in [2.75, 3.05) is 26.7 Å². The van der Waals surface area contributed by atoms with Crippen molar-refractivity contribution >= 4 is 5.91 Å². The maximum atomic E-state index is 12.0. The van der Waals surface area contributed by atoms with E-state index in [-0.39, 0.29) is 12.0 Å². The summed E-state index contributed by atoms with van der Waals surface area (Å²) < 4.78 is 5.44. The van der Waals surface area contributed by atoms with Crippen LogP contribution in [0.1, 0.15) is 17.9 Å². The number of likely N-dealkylation sites (N-methyl/N-ethyl adjacent to an activating group) is 1. The molecule has 0 aromatic carbocycles. The zero-order valence-electron chi connectivity index (χ0n) is 10.9. The number of β-amino-alcohol motifs (C(OH)–C–C–N with tert-alkyl or cyclic N) is 1. The first-order valence-corrected chi connectivity index (χ1v) is 6.24. The summed E-state index contributed by atoms with van der Waals surface area (Å²) in [7, 11) is 1.77. The van der Waals surface area contributed by atoms with Gasteiger partial charge >= 0.3 is 0 Å². The van der Waals surface area contributed by atoms with Crippen molar-refractivity contribution in [2.45, 2.75) is 26.0 Å². The van der Waals surface area contributed by atoms with Crippen molar-refractivity contribution in [3.63, 3.8) is 0 Å². The first kappa shape index (κ1) is 13.1. The quantitative estimate of drug-likeness (QED) is 0.853. The second-order valence-corrected chi connectivity index (χ2v) is 4.94. The second-order valence-electron chi connectivity index (χ2n) is 4.94. The first-order valence-electron chi connectivity index (χ1n) is 6.24. The third-order valence-corrected chi connectivity index (χ3v) is 3.22. The predicted octanol–water partition coefficient (Wildman–Crippen LogP) is 0.613. The van der Waals surface area contributed by atoms with Gasteiger partial charge in [-0.3, -0.25) is 9.69 Å². The lowest BCUT2D eigenvalue weighted by atomic mass is 10.3. The number of hydrogen-bond acceptors (Lipinski definition) is 4. The lowest BCUT2D eigenvalue weighted by Crippen LogP contribution is -2.37. The van der Waals surface area contributed by atoms with Crippen LogP contribution in [0.4, 0.5) is 0 Å². The highest BCUT2D eigenvalue weighted by molar-refractivity contribution is 5.77. The van der Waals surface area contributed by atoms with Gasteiger partial charge in [0.15, 0.2) is 0 Å². The molecule has 0 saturated carbocycles. The lowest BCUT2D eigenvalue weighted by molar-refractivity contribution is -0.131. The number of rotatable bonds is 4. The number of hydrogen-bond donors (Lipinski definition) is 1. The van der Waals surface area contributed by atoms with Crippen LogP contribution in [0.3, 0.4) is 0 Å². The van der Waals surface area contributed by atoms with Crippen molar-refractivity contribution in [2.24, 2.45) is 0 Å². The molecule has 1 aromatic rings. The molecule has 0 aliphatic carbocycles. The van der Waals surface area contributed by atoms with Crippen LogP contribution in [0.5, 0.6) is 0 Å². The van der Waals surface area contributed by atoms with Gasteiger partial charge in [0.05, 0.1) is 19.2 Å². The maximum absolute atomic E-state index is 12.0. The van der Waals surface area contributed by atoms with Gasteiger partial charge in [0.2, 0.25) is 5.91 Å². The van der Waals surface area contributed by atoms with Crippen LogP contribution in [0.2, 0.25) is 0 Å². The summed E-state index contributed by atoms with van der Waals surface area (Å²) in [6.07, 6.45) is 0.477. The molecule has 1 aliphatic rings. The third kappa shape index (κ3) is 3.34. The van der Waals surface area contributed by atoms with E-state index in [4.69, 9.17) is 4.42 Å². The monoisotopic (exact) mass is 252 g/mol. The first-order chi connectivity index (χ1) is 8.54. The molecule has 18 heavy (non-hydrogen) atoms. The van der Waals surface area contributed by atoms with E-state index in [9.17, 15) is 9.90 Å². The van der Waals surface area contributed by atoms with E-state index in [0.717, 1.165) is 24.5 Å². The SMILES string of the molecule is Cc1ccc(CN(C)C(=O)CN2CCC(O)C2)o1. The average molecular weight is 252 g/mol. The van der Waals surface area contributed by atoms with Gasteiger partial charge in [0.25, 0.3) is 0 Å². The zero-order valence-corrected chi connectivity index (χ0v) is 10.9. The maximum Gasteiger partial charge on any atom is 0.236 e. The van der Waals surface area contributed by atoms with Gasteiger partial charge < -0.3 is 14.4 Å². The molecule has 2 rings (SSSR count). The van der Waals surface area contributed by atoms with Crippen LogP contribution in [-0.4, -0.2) is 53.6 Å². The molecule has 1 fully saturated rings. The van der Waals surface area contributed by atoms with Crippen LogP contribution in [0, 0.1) is 6.92 Å². The Labute approximate surface area is 107 Å². The van der Waals surface area contributed by atoms with Crippen molar-refractivity contribution in [1.29, 1.82) is 0 Å². The molecule has 0 bridgehead atoms. The van der Waals surface area contributed by atoms with Gasteiger partial charge in [-0.2, -0.15) is 0 Å². The fourth-order valence-corrected chi connectivity index (χ4v) is 2.16. The van der Waals surface area contributed by atoms with Crippen LogP contribution < -0.4 is 0 Å². The Morgan fingerprint density at radius 2 is 2.39 bits per heavy atom. The Bertz CT molecular complexity index is 416. The summed E-state index contributed by atoms with van der Waals surface area (Å²) in [5.74, 6) is 1.71. The number of aliphatic hydroxyl groups excluding tert-OH is 1. The summed E-state index contributed by atoms with van der Waals surface area (Å²) in [6, 6.07) is 3.78. The molecule has 1 unspecified atom stereocenters. The van der Waals surface area contributed by atoms with E-state index in [0.29, 0.717) is 19.6 Å². The Kier molecular flexibility index (Phi) is 4.04. The van der Waals surface area contributed by atoms with E-state index in [1.165, 1.54) is 0 Å². The molecule has 0 radical (unpaired) electrons. The molecule has 1 aliphatic heterocycles. The fraction of sp³-hybridized carbons (Fsp3) is 0.615. The van der Waals surface area contributed by atoms with Crippen LogP contribution in [-0.2, 0) is 11.3 Å². The van der Waals surface area contributed by atoms with Gasteiger partial charge in [-0.25, -0.2) is 0 Å². The van der Waals surface area contributed by atoms with Crippen LogP contribution in [0.25, 0.3) is 0 Å². The topological polar surface area (TPSA) is 56.9 Å². The average Bonchev–Trinajstić information content (AvgIpc) is 2.88. The van der Waals surface area contributed by atoms with Crippen LogP contribution >= 0.6 is 0 Å². The Hall–Kier alpha value is -1.33. The number of aliphatic hydroxyl groups is 1. The number of likely N-dealkylation sites (tertiary alicyclic amines) is 1. The summed E-state index contributed by atoms with van der Waals surface area (Å²) >= 11 is 0. The molecule has 2 heterocycles. The lowest BCUT2D eigenvalue weighted by Gasteiger charge is -2.20. The minimum Gasteiger partial charge on any atom is -0.464 e. The van der Waals surface area contributed by atoms with E-state index in [1.807, 2.05) is 24.0 Å². The molecule has 1 saturated heterocycles. The molecule has 5 nitrogen and oxygen atoms in total. The van der Waals surface area contributed by atoms with Gasteiger partial charge in [0.1, 0.15) is 11.5 Å². The molecule has 0 spiro atoms. The molecule has 100 valence electrons. The van der Waals surface area contributed by atoms with E-state index in [1.54, 1.807) is 11.9 Å². The highest BCUT2D eigenvalue weighted by atomic mass is 16.3. The Balaban J connectivity index is 1.81. The summed E-state index contributed by atoms with van der Waals surface area (Å²) in [4.78, 5) is 15.6. The van der Waals surface area contributed by atoms with Crippen molar-refractivity contribution in [3.05, 3.63) is 23.7 Å². The van der Waals surface area contributed by atoms with Crippen molar-refractivity contribution in [3.8, 4) is 0 Å². The van der Waals surface area contributed by atoms with E-state index < -0.39 is 0 Å². The molecule has 1 N–H and O–H groups in total. The second kappa shape index (κ2) is 5.54. The van der Waals surface area contributed by atoms with E-state index >= 15 is 0 Å². The number of amides is 1. The zero-order chi connectivity index (χ0) is 13.1.